The van der Waals surface area contributed by atoms with Gasteiger partial charge in [0.25, 0.3) is 0 Å². The van der Waals surface area contributed by atoms with Gasteiger partial charge in [0.05, 0.1) is 0 Å². The average molecular weight is 268 g/mol. The molecule has 0 fully saturated rings. The number of phenols is 1. The van der Waals surface area contributed by atoms with E-state index in [2.05, 4.69) is 5.48 Å². The number of rotatable bonds is 4. The van der Waals surface area contributed by atoms with Crippen LogP contribution in [0.4, 0.5) is 4.79 Å². The third kappa shape index (κ3) is 5.58. The molecule has 106 valence electrons. The van der Waals surface area contributed by atoms with Crippen molar-refractivity contribution in [2.24, 2.45) is 5.73 Å². The molecule has 1 aromatic carbocycles. The molecule has 0 spiro atoms. The third-order valence-electron chi connectivity index (χ3n) is 2.16. The predicted molar refractivity (Wildman–Crippen MR) is 70.4 cm³/mol. The Bertz CT molecular complexity index is 412. The number of hydrogen-bond donors (Lipinski definition) is 3. The normalized spacial score (nSPS) is 12.8. The van der Waals surface area contributed by atoms with Crippen LogP contribution in [0.1, 0.15) is 32.4 Å². The number of hydrogen-bond acceptors (Lipinski definition) is 5. The lowest BCUT2D eigenvalue weighted by Gasteiger charge is -2.21. The fourth-order valence-corrected chi connectivity index (χ4v) is 1.36. The first-order valence-electron chi connectivity index (χ1n) is 5.95. The highest BCUT2D eigenvalue weighted by Gasteiger charge is 2.18. The van der Waals surface area contributed by atoms with Crippen LogP contribution in [-0.4, -0.2) is 23.3 Å². The van der Waals surface area contributed by atoms with E-state index >= 15 is 0 Å². The van der Waals surface area contributed by atoms with E-state index < -0.39 is 17.8 Å². The average Bonchev–Trinajstić information content (AvgIpc) is 2.29. The maximum absolute atomic E-state index is 11.4. The smallest absolute Gasteiger partial charge is 0.431 e. The molecule has 0 aliphatic carbocycles. The molecule has 1 rings (SSSR count). The van der Waals surface area contributed by atoms with Crippen LogP contribution in [0.25, 0.3) is 0 Å². The molecule has 6 nitrogen and oxygen atoms in total. The first-order chi connectivity index (χ1) is 8.81. The van der Waals surface area contributed by atoms with Gasteiger partial charge in [-0.15, -0.1) is 0 Å². The molecule has 0 heterocycles. The van der Waals surface area contributed by atoms with E-state index in [0.29, 0.717) is 0 Å². The summed E-state index contributed by atoms with van der Waals surface area (Å²) in [5, 5.41) is 9.20. The van der Waals surface area contributed by atoms with Gasteiger partial charge in [0.15, 0.2) is 0 Å². The van der Waals surface area contributed by atoms with Gasteiger partial charge >= 0.3 is 6.09 Å². The summed E-state index contributed by atoms with van der Waals surface area (Å²) < 4.78 is 5.03. The lowest BCUT2D eigenvalue weighted by molar-refractivity contribution is -0.0403. The van der Waals surface area contributed by atoms with Gasteiger partial charge in [-0.3, -0.25) is 4.84 Å². The predicted octanol–water partition coefficient (Wildman–Crippen LogP) is 1.85. The summed E-state index contributed by atoms with van der Waals surface area (Å²) in [4.78, 5) is 16.6. The van der Waals surface area contributed by atoms with Gasteiger partial charge in [-0.2, -0.15) is 5.48 Å². The summed E-state index contributed by atoms with van der Waals surface area (Å²) in [7, 11) is 0. The minimum absolute atomic E-state index is 0.152. The number of hydroxylamine groups is 1. The Morgan fingerprint density at radius 2 is 1.95 bits per heavy atom. The topological polar surface area (TPSA) is 93.8 Å². The SMILES string of the molecule is CC(C)(C)OC(=O)NOC(CN)c1ccc(O)cc1. The first-order valence-corrected chi connectivity index (χ1v) is 5.95. The van der Waals surface area contributed by atoms with Crippen LogP contribution in [0.15, 0.2) is 24.3 Å². The van der Waals surface area contributed by atoms with Crippen molar-refractivity contribution in [3.05, 3.63) is 29.8 Å². The third-order valence-corrected chi connectivity index (χ3v) is 2.16. The number of carbonyl (C=O) groups is 1. The van der Waals surface area contributed by atoms with E-state index in [1.165, 1.54) is 12.1 Å². The zero-order chi connectivity index (χ0) is 14.5. The highest BCUT2D eigenvalue weighted by atomic mass is 16.7. The standard InChI is InChI=1S/C13H20N2O4/c1-13(2,3)18-12(17)15-19-11(8-14)9-4-6-10(16)7-5-9/h4-7,11,16H,8,14H2,1-3H3,(H,15,17). The number of amides is 1. The Hall–Kier alpha value is -1.79. The quantitative estimate of drug-likeness (QED) is 0.724. The second-order valence-electron chi connectivity index (χ2n) is 5.04. The second-order valence-corrected chi connectivity index (χ2v) is 5.04. The molecular weight excluding hydrogens is 248 g/mol. The van der Waals surface area contributed by atoms with Gasteiger partial charge in [0.2, 0.25) is 0 Å². The van der Waals surface area contributed by atoms with Crippen LogP contribution >= 0.6 is 0 Å². The monoisotopic (exact) mass is 268 g/mol. The highest BCUT2D eigenvalue weighted by Crippen LogP contribution is 2.18. The largest absolute Gasteiger partial charge is 0.508 e. The Labute approximate surface area is 112 Å². The van der Waals surface area contributed by atoms with Crippen molar-refractivity contribution in [1.82, 2.24) is 5.48 Å². The van der Waals surface area contributed by atoms with Gasteiger partial charge < -0.3 is 15.6 Å². The molecule has 0 saturated carbocycles. The van der Waals surface area contributed by atoms with E-state index in [0.717, 1.165) is 5.56 Å². The van der Waals surface area contributed by atoms with Crippen molar-refractivity contribution < 1.29 is 19.5 Å². The lowest BCUT2D eigenvalue weighted by Crippen LogP contribution is -2.34. The molecule has 0 aliphatic heterocycles. The van der Waals surface area contributed by atoms with E-state index in [1.807, 2.05) is 0 Å². The minimum Gasteiger partial charge on any atom is -0.508 e. The number of benzene rings is 1. The summed E-state index contributed by atoms with van der Waals surface area (Å²) >= 11 is 0. The molecule has 1 amide bonds. The van der Waals surface area contributed by atoms with Crippen molar-refractivity contribution in [2.45, 2.75) is 32.5 Å². The van der Waals surface area contributed by atoms with Crippen molar-refractivity contribution >= 4 is 6.09 Å². The van der Waals surface area contributed by atoms with Crippen molar-refractivity contribution in [3.8, 4) is 5.75 Å². The number of ether oxygens (including phenoxy) is 1. The maximum Gasteiger partial charge on any atom is 0.431 e. The van der Waals surface area contributed by atoms with E-state index in [9.17, 15) is 9.90 Å². The summed E-state index contributed by atoms with van der Waals surface area (Å²) in [6.07, 6.45) is -1.18. The van der Waals surface area contributed by atoms with Gasteiger partial charge in [-0.25, -0.2) is 4.79 Å². The lowest BCUT2D eigenvalue weighted by atomic mass is 10.1. The molecule has 1 aromatic rings. The van der Waals surface area contributed by atoms with Gasteiger partial charge in [-0.05, 0) is 38.5 Å². The molecule has 0 bridgehead atoms. The second kappa shape index (κ2) is 6.40. The van der Waals surface area contributed by atoms with Crippen LogP contribution in [0.5, 0.6) is 5.75 Å². The van der Waals surface area contributed by atoms with Crippen molar-refractivity contribution in [2.75, 3.05) is 6.54 Å². The fraction of sp³-hybridized carbons (Fsp3) is 0.462. The fourth-order valence-electron chi connectivity index (χ4n) is 1.36. The number of nitrogens with one attached hydrogen (secondary N) is 1. The number of carbonyl (C=O) groups excluding carboxylic acids is 1. The van der Waals surface area contributed by atoms with Crippen LogP contribution in [-0.2, 0) is 9.57 Å². The van der Waals surface area contributed by atoms with Gasteiger partial charge in [-0.1, -0.05) is 12.1 Å². The Balaban J connectivity index is 2.54. The zero-order valence-corrected chi connectivity index (χ0v) is 11.3. The van der Waals surface area contributed by atoms with Crippen LogP contribution in [0.3, 0.4) is 0 Å². The summed E-state index contributed by atoms with van der Waals surface area (Å²) in [6, 6.07) is 6.39. The Morgan fingerprint density at radius 1 is 1.37 bits per heavy atom. The molecule has 4 N–H and O–H groups in total. The molecule has 0 aliphatic rings. The molecule has 19 heavy (non-hydrogen) atoms. The van der Waals surface area contributed by atoms with Gasteiger partial charge in [0.1, 0.15) is 17.5 Å². The van der Waals surface area contributed by atoms with Crippen molar-refractivity contribution in [3.63, 3.8) is 0 Å². The molecule has 1 atom stereocenters. The molecule has 0 radical (unpaired) electrons. The molecular formula is C13H20N2O4. The molecule has 0 saturated heterocycles. The van der Waals surface area contributed by atoms with E-state index in [1.54, 1.807) is 32.9 Å². The Kier molecular flexibility index (Phi) is 5.14. The summed E-state index contributed by atoms with van der Waals surface area (Å²) in [5.74, 6) is 0.152. The van der Waals surface area contributed by atoms with Crippen LogP contribution < -0.4 is 11.2 Å². The minimum atomic E-state index is -0.676. The van der Waals surface area contributed by atoms with Crippen molar-refractivity contribution in [1.29, 1.82) is 0 Å². The van der Waals surface area contributed by atoms with E-state index in [4.69, 9.17) is 15.3 Å². The maximum atomic E-state index is 11.4. The van der Waals surface area contributed by atoms with Gasteiger partial charge in [0, 0.05) is 6.54 Å². The van der Waals surface area contributed by atoms with E-state index in [-0.39, 0.29) is 12.3 Å². The van der Waals surface area contributed by atoms with Crippen LogP contribution in [0, 0.1) is 0 Å². The molecule has 1 unspecified atom stereocenters. The number of nitrogens with two attached hydrogens (primary N) is 1. The molecule has 0 aromatic heterocycles. The summed E-state index contributed by atoms with van der Waals surface area (Å²) in [6.45, 7) is 5.45. The Morgan fingerprint density at radius 3 is 2.42 bits per heavy atom. The first kappa shape index (κ1) is 15.3. The molecule has 6 heteroatoms. The zero-order valence-electron chi connectivity index (χ0n) is 11.3. The summed E-state index contributed by atoms with van der Waals surface area (Å²) in [5.41, 5.74) is 7.93. The van der Waals surface area contributed by atoms with Crippen LogP contribution in [0.2, 0.25) is 0 Å². The highest BCUT2D eigenvalue weighted by molar-refractivity contribution is 5.66. The number of aromatic hydroxyl groups is 1. The number of phenolic OH excluding ortho intramolecular Hbond substituents is 1.